The molecule has 32 heavy (non-hydrogen) atoms. The van der Waals surface area contributed by atoms with E-state index in [4.69, 9.17) is 14.2 Å². The maximum absolute atomic E-state index is 13.1. The molecule has 2 heterocycles. The topological polar surface area (TPSA) is 88.5 Å². The minimum Gasteiger partial charge on any atom is -0.507 e. The van der Waals surface area contributed by atoms with Crippen molar-refractivity contribution in [2.45, 2.75) is 6.04 Å². The molecule has 168 valence electrons. The molecule has 0 radical (unpaired) electrons. The van der Waals surface area contributed by atoms with Gasteiger partial charge >= 0.3 is 0 Å². The summed E-state index contributed by atoms with van der Waals surface area (Å²) in [6.45, 7) is 1.76. The first kappa shape index (κ1) is 21.7. The smallest absolute Gasteiger partial charge is 0.295 e. The minimum atomic E-state index is -0.759. The molecule has 1 N–H and O–H groups in total. The van der Waals surface area contributed by atoms with Gasteiger partial charge in [0.1, 0.15) is 23.9 Å². The molecule has 2 aliphatic rings. The second-order valence-corrected chi connectivity index (χ2v) is 7.71. The van der Waals surface area contributed by atoms with Crippen LogP contribution in [0, 0.1) is 0 Å². The van der Waals surface area contributed by atoms with Crippen LogP contribution in [-0.2, 0) is 14.3 Å². The van der Waals surface area contributed by atoms with Crippen LogP contribution >= 0.6 is 0 Å². The van der Waals surface area contributed by atoms with Crippen LogP contribution in [0.15, 0.2) is 48.0 Å². The van der Waals surface area contributed by atoms with Gasteiger partial charge in [-0.3, -0.25) is 9.59 Å². The van der Waals surface area contributed by atoms with Crippen molar-refractivity contribution in [2.75, 3.05) is 52.5 Å². The number of ketones is 1. The summed E-state index contributed by atoms with van der Waals surface area (Å²) in [6.07, 6.45) is 0. The quantitative estimate of drug-likeness (QED) is 0.421. The largest absolute Gasteiger partial charge is 0.507 e. The van der Waals surface area contributed by atoms with Crippen molar-refractivity contribution in [3.8, 4) is 11.5 Å². The van der Waals surface area contributed by atoms with Gasteiger partial charge in [-0.05, 0) is 35.9 Å². The van der Waals surface area contributed by atoms with E-state index in [-0.39, 0.29) is 24.5 Å². The summed E-state index contributed by atoms with van der Waals surface area (Å²) in [4.78, 5) is 29.4. The summed E-state index contributed by atoms with van der Waals surface area (Å²) in [5.41, 5.74) is 1.96. The van der Waals surface area contributed by atoms with E-state index in [1.54, 1.807) is 49.6 Å². The van der Waals surface area contributed by atoms with E-state index >= 15 is 0 Å². The molecule has 0 aromatic heterocycles. The molecule has 2 aromatic carbocycles. The van der Waals surface area contributed by atoms with Gasteiger partial charge in [0.2, 0.25) is 0 Å². The fourth-order valence-corrected chi connectivity index (χ4v) is 4.11. The molecule has 0 spiro atoms. The fourth-order valence-electron chi connectivity index (χ4n) is 4.11. The predicted octanol–water partition coefficient (Wildman–Crippen LogP) is 2.59. The fraction of sp³-hybridized carbons (Fsp3) is 0.333. The van der Waals surface area contributed by atoms with Gasteiger partial charge in [0, 0.05) is 26.3 Å². The van der Waals surface area contributed by atoms with Gasteiger partial charge in [-0.25, -0.2) is 0 Å². The predicted molar refractivity (Wildman–Crippen MR) is 119 cm³/mol. The van der Waals surface area contributed by atoms with Gasteiger partial charge in [0.25, 0.3) is 11.7 Å². The standard InChI is InChI=1S/C24H26N2O6/c1-25-9-12-32-19-8-7-16(14-18(19)25)22(27)20-21(15-5-4-6-17(13-15)31-3)26(10-11-30-2)24(29)23(20)28/h4-8,13-14,21,27H,9-12H2,1-3H3/b22-20-. The van der Waals surface area contributed by atoms with Crippen LogP contribution in [-0.4, -0.2) is 69.3 Å². The Morgan fingerprint density at radius 3 is 2.75 bits per heavy atom. The summed E-state index contributed by atoms with van der Waals surface area (Å²) in [6, 6.07) is 11.6. The molecule has 4 rings (SSSR count). The number of carbonyl (C=O) groups excluding carboxylic acids is 2. The molecule has 2 aliphatic heterocycles. The van der Waals surface area contributed by atoms with E-state index in [0.717, 1.165) is 5.69 Å². The molecule has 1 amide bonds. The molecule has 0 saturated carbocycles. The first-order valence-electron chi connectivity index (χ1n) is 10.4. The number of Topliss-reactive ketones (excluding diaryl/α,β-unsaturated/α-hetero) is 1. The van der Waals surface area contributed by atoms with E-state index in [2.05, 4.69) is 0 Å². The van der Waals surface area contributed by atoms with Crippen molar-refractivity contribution in [1.29, 1.82) is 0 Å². The van der Waals surface area contributed by atoms with Gasteiger partial charge in [-0.2, -0.15) is 0 Å². The molecule has 1 atom stereocenters. The molecular weight excluding hydrogens is 412 g/mol. The lowest BCUT2D eigenvalue weighted by molar-refractivity contribution is -0.140. The molecule has 0 bridgehead atoms. The molecular formula is C24H26N2O6. The van der Waals surface area contributed by atoms with Crippen molar-refractivity contribution in [1.82, 2.24) is 4.90 Å². The number of fused-ring (bicyclic) bond motifs is 1. The minimum absolute atomic E-state index is 0.0405. The van der Waals surface area contributed by atoms with Gasteiger partial charge in [-0.1, -0.05) is 12.1 Å². The van der Waals surface area contributed by atoms with Gasteiger partial charge in [0.05, 0.1) is 37.6 Å². The van der Waals surface area contributed by atoms with Crippen molar-refractivity contribution >= 4 is 23.1 Å². The van der Waals surface area contributed by atoms with Crippen LogP contribution in [0.3, 0.4) is 0 Å². The SMILES string of the molecule is COCCN1C(=O)C(=O)/C(=C(\O)c2ccc3c(c2)N(C)CCO3)C1c1cccc(OC)c1. The average Bonchev–Trinajstić information content (AvgIpc) is 3.07. The number of aliphatic hydroxyl groups is 1. The summed E-state index contributed by atoms with van der Waals surface area (Å²) in [5.74, 6) is -0.325. The highest BCUT2D eigenvalue weighted by Gasteiger charge is 2.46. The maximum atomic E-state index is 13.1. The summed E-state index contributed by atoms with van der Waals surface area (Å²) in [7, 11) is 5.01. The zero-order valence-corrected chi connectivity index (χ0v) is 18.3. The molecule has 2 aromatic rings. The van der Waals surface area contributed by atoms with Crippen molar-refractivity contribution in [3.63, 3.8) is 0 Å². The number of aliphatic hydroxyl groups excluding tert-OH is 1. The lowest BCUT2D eigenvalue weighted by Gasteiger charge is -2.28. The van der Waals surface area contributed by atoms with Crippen LogP contribution in [0.1, 0.15) is 17.2 Å². The van der Waals surface area contributed by atoms with E-state index in [9.17, 15) is 14.7 Å². The Bertz CT molecular complexity index is 1080. The number of likely N-dealkylation sites (tertiary alicyclic amines) is 1. The number of methoxy groups -OCH3 is 2. The number of anilines is 1. The Morgan fingerprint density at radius 2 is 2.00 bits per heavy atom. The number of rotatable bonds is 6. The molecule has 1 unspecified atom stereocenters. The number of hydrogen-bond acceptors (Lipinski definition) is 7. The summed E-state index contributed by atoms with van der Waals surface area (Å²) < 4.78 is 16.1. The third kappa shape index (κ3) is 3.78. The number of amides is 1. The molecule has 1 fully saturated rings. The molecule has 8 nitrogen and oxygen atoms in total. The Kier molecular flexibility index (Phi) is 6.05. The van der Waals surface area contributed by atoms with Crippen LogP contribution in [0.5, 0.6) is 11.5 Å². The lowest BCUT2D eigenvalue weighted by Crippen LogP contribution is -2.32. The Morgan fingerprint density at radius 1 is 1.19 bits per heavy atom. The highest BCUT2D eigenvalue weighted by Crippen LogP contribution is 2.41. The van der Waals surface area contributed by atoms with Crippen LogP contribution in [0.2, 0.25) is 0 Å². The Labute approximate surface area is 186 Å². The summed E-state index contributed by atoms with van der Waals surface area (Å²) >= 11 is 0. The zero-order valence-electron chi connectivity index (χ0n) is 18.3. The van der Waals surface area contributed by atoms with Crippen LogP contribution in [0.4, 0.5) is 5.69 Å². The number of ether oxygens (including phenoxy) is 3. The van der Waals surface area contributed by atoms with E-state index in [1.807, 2.05) is 11.9 Å². The number of nitrogens with zero attached hydrogens (tertiary/aromatic N) is 2. The first-order valence-corrected chi connectivity index (χ1v) is 10.4. The Balaban J connectivity index is 1.85. The van der Waals surface area contributed by atoms with E-state index in [1.165, 1.54) is 12.0 Å². The second-order valence-electron chi connectivity index (χ2n) is 7.71. The highest BCUT2D eigenvalue weighted by atomic mass is 16.5. The number of hydrogen-bond donors (Lipinski definition) is 1. The Hall–Kier alpha value is -3.52. The number of likely N-dealkylation sites (N-methyl/N-ethyl adjacent to an activating group) is 1. The number of benzene rings is 2. The normalized spacial score (nSPS) is 19.7. The van der Waals surface area contributed by atoms with E-state index < -0.39 is 17.7 Å². The van der Waals surface area contributed by atoms with Crippen LogP contribution < -0.4 is 14.4 Å². The third-order valence-corrected chi connectivity index (χ3v) is 5.81. The van der Waals surface area contributed by atoms with E-state index in [0.29, 0.717) is 35.8 Å². The molecule has 1 saturated heterocycles. The van der Waals surface area contributed by atoms with Crippen molar-refractivity contribution in [3.05, 3.63) is 59.2 Å². The monoisotopic (exact) mass is 438 g/mol. The van der Waals surface area contributed by atoms with Crippen molar-refractivity contribution < 1.29 is 28.9 Å². The third-order valence-electron chi connectivity index (χ3n) is 5.81. The highest BCUT2D eigenvalue weighted by molar-refractivity contribution is 6.46. The lowest BCUT2D eigenvalue weighted by atomic mass is 9.95. The molecule has 8 heteroatoms. The van der Waals surface area contributed by atoms with Gasteiger partial charge in [-0.15, -0.1) is 0 Å². The molecule has 0 aliphatic carbocycles. The zero-order chi connectivity index (χ0) is 22.8. The second kappa shape index (κ2) is 8.92. The van der Waals surface area contributed by atoms with Crippen molar-refractivity contribution in [2.24, 2.45) is 0 Å². The van der Waals surface area contributed by atoms with Gasteiger partial charge in [0.15, 0.2) is 0 Å². The maximum Gasteiger partial charge on any atom is 0.295 e. The first-order chi connectivity index (χ1) is 15.5. The van der Waals surface area contributed by atoms with Crippen LogP contribution in [0.25, 0.3) is 5.76 Å². The average molecular weight is 438 g/mol. The van der Waals surface area contributed by atoms with Gasteiger partial charge < -0.3 is 29.1 Å². The summed E-state index contributed by atoms with van der Waals surface area (Å²) in [5, 5.41) is 11.3. The number of carbonyl (C=O) groups is 2.